The number of aromatic amines is 1. The number of fused-ring (bicyclic) bond motifs is 3. The number of aromatic nitrogens is 1. The molecule has 4 rings (SSSR count). The van der Waals surface area contributed by atoms with Crippen LogP contribution in [0.4, 0.5) is 11.5 Å². The van der Waals surface area contributed by atoms with E-state index in [0.29, 0.717) is 28.4 Å². The number of rotatable bonds is 4. The van der Waals surface area contributed by atoms with Gasteiger partial charge < -0.3 is 19.5 Å². The predicted molar refractivity (Wildman–Crippen MR) is 104 cm³/mol. The van der Waals surface area contributed by atoms with Gasteiger partial charge in [-0.1, -0.05) is 0 Å². The van der Waals surface area contributed by atoms with Gasteiger partial charge in [0, 0.05) is 35.4 Å². The van der Waals surface area contributed by atoms with Crippen molar-refractivity contribution in [3.05, 3.63) is 58.9 Å². The maximum Gasteiger partial charge on any atom is 0.182 e. The second kappa shape index (κ2) is 6.17. The Morgan fingerprint density at radius 3 is 2.59 bits per heavy atom. The molecular weight excluding hydrogens is 368 g/mol. The number of H-pyrrole nitrogens is 1. The van der Waals surface area contributed by atoms with Crippen molar-refractivity contribution in [2.45, 2.75) is 4.90 Å². The van der Waals surface area contributed by atoms with Crippen LogP contribution in [0.5, 0.6) is 5.75 Å². The van der Waals surface area contributed by atoms with Gasteiger partial charge in [-0.25, -0.2) is 8.42 Å². The fourth-order valence-corrected chi connectivity index (χ4v) is 3.56. The number of anilines is 2. The van der Waals surface area contributed by atoms with E-state index in [1.165, 1.54) is 31.4 Å². The summed E-state index contributed by atoms with van der Waals surface area (Å²) in [5, 5.41) is 4.86. The van der Waals surface area contributed by atoms with Crippen molar-refractivity contribution in [2.75, 3.05) is 18.7 Å². The van der Waals surface area contributed by atoms with Crippen LogP contribution in [0.2, 0.25) is 0 Å². The molecule has 8 heteroatoms. The van der Waals surface area contributed by atoms with E-state index >= 15 is 0 Å². The van der Waals surface area contributed by atoms with Crippen molar-refractivity contribution in [1.29, 1.82) is 0 Å². The summed E-state index contributed by atoms with van der Waals surface area (Å²) in [5.41, 5.74) is 1.65. The number of nitrogens with one attached hydrogen (secondary N) is 2. The summed E-state index contributed by atoms with van der Waals surface area (Å²) < 4.78 is 34.4. The Bertz CT molecular complexity index is 1340. The Labute approximate surface area is 154 Å². The summed E-state index contributed by atoms with van der Waals surface area (Å²) in [4.78, 5) is 14.8. The highest BCUT2D eigenvalue weighted by Gasteiger charge is 2.13. The predicted octanol–water partition coefficient (Wildman–Crippen LogP) is 3.43. The van der Waals surface area contributed by atoms with Gasteiger partial charge >= 0.3 is 0 Å². The van der Waals surface area contributed by atoms with Crippen LogP contribution in [-0.4, -0.2) is 26.8 Å². The molecule has 2 aromatic heterocycles. The lowest BCUT2D eigenvalue weighted by molar-refractivity contribution is 0.415. The summed E-state index contributed by atoms with van der Waals surface area (Å²) in [7, 11) is -1.85. The molecule has 0 aliphatic heterocycles. The van der Waals surface area contributed by atoms with E-state index in [-0.39, 0.29) is 10.3 Å². The molecule has 0 spiro atoms. The molecule has 2 aromatic carbocycles. The topological polar surface area (TPSA) is 101 Å². The SMILES string of the molecule is COc1cc(S(C)(=O)=O)ccc1Nc1cc2c(c[nH]1)oc1cc(=O)ccc12. The van der Waals surface area contributed by atoms with E-state index in [9.17, 15) is 13.2 Å². The largest absolute Gasteiger partial charge is 0.495 e. The summed E-state index contributed by atoms with van der Waals surface area (Å²) >= 11 is 0. The minimum Gasteiger partial charge on any atom is -0.495 e. The van der Waals surface area contributed by atoms with Gasteiger partial charge in [-0.15, -0.1) is 0 Å². The van der Waals surface area contributed by atoms with Crippen LogP contribution in [-0.2, 0) is 9.84 Å². The number of sulfone groups is 1. The monoisotopic (exact) mass is 384 g/mol. The van der Waals surface area contributed by atoms with E-state index in [1.807, 2.05) is 6.07 Å². The fraction of sp³-hybridized carbons (Fsp3) is 0.105. The summed E-state index contributed by atoms with van der Waals surface area (Å²) in [5.74, 6) is 1.06. The molecule has 0 atom stereocenters. The molecule has 0 unspecified atom stereocenters. The van der Waals surface area contributed by atoms with Gasteiger partial charge in [0.2, 0.25) is 0 Å². The first-order valence-electron chi connectivity index (χ1n) is 8.05. The number of methoxy groups -OCH3 is 1. The standard InChI is InChI=1S/C19H16N2O5S/c1-25-17-8-12(27(2,23)24)4-6-15(17)21-19-9-14-13-5-3-11(22)7-16(13)26-18(14)10-20-19/h3-10,20-21H,1-2H3. The number of furan rings is 1. The van der Waals surface area contributed by atoms with Crippen molar-refractivity contribution in [2.24, 2.45) is 0 Å². The highest BCUT2D eigenvalue weighted by atomic mass is 32.2. The van der Waals surface area contributed by atoms with Crippen LogP contribution in [0.1, 0.15) is 0 Å². The van der Waals surface area contributed by atoms with E-state index < -0.39 is 9.84 Å². The summed E-state index contributed by atoms with van der Waals surface area (Å²) in [6, 6.07) is 11.2. The van der Waals surface area contributed by atoms with Crippen LogP contribution in [0, 0.1) is 0 Å². The Morgan fingerprint density at radius 1 is 1.04 bits per heavy atom. The molecule has 0 aliphatic rings. The molecule has 7 nitrogen and oxygen atoms in total. The molecular formula is C19H16N2O5S. The second-order valence-electron chi connectivity index (χ2n) is 6.14. The van der Waals surface area contributed by atoms with E-state index in [4.69, 9.17) is 9.15 Å². The minimum absolute atomic E-state index is 0.111. The van der Waals surface area contributed by atoms with Gasteiger partial charge in [-0.2, -0.15) is 0 Å². The lowest BCUT2D eigenvalue weighted by Crippen LogP contribution is -2.01. The molecule has 27 heavy (non-hydrogen) atoms. The quantitative estimate of drug-likeness (QED) is 0.559. The van der Waals surface area contributed by atoms with Crippen LogP contribution in [0.25, 0.3) is 21.9 Å². The van der Waals surface area contributed by atoms with Gasteiger partial charge in [0.05, 0.1) is 17.7 Å². The third-order valence-corrected chi connectivity index (χ3v) is 5.36. The Morgan fingerprint density at radius 2 is 1.85 bits per heavy atom. The zero-order valence-corrected chi connectivity index (χ0v) is 15.4. The molecule has 0 aliphatic carbocycles. The zero-order chi connectivity index (χ0) is 19.2. The Hall–Kier alpha value is -3.26. The van der Waals surface area contributed by atoms with Crippen molar-refractivity contribution < 1.29 is 17.6 Å². The lowest BCUT2D eigenvalue weighted by Gasteiger charge is -2.12. The van der Waals surface area contributed by atoms with Gasteiger partial charge in [0.15, 0.2) is 20.8 Å². The molecule has 0 amide bonds. The first-order chi connectivity index (χ1) is 12.8. The molecule has 2 N–H and O–H groups in total. The van der Waals surface area contributed by atoms with Crippen LogP contribution in [0.15, 0.2) is 62.8 Å². The van der Waals surface area contributed by atoms with E-state index in [0.717, 1.165) is 17.0 Å². The van der Waals surface area contributed by atoms with Gasteiger partial charge in [0.25, 0.3) is 0 Å². The van der Waals surface area contributed by atoms with E-state index in [2.05, 4.69) is 10.3 Å². The first kappa shape index (κ1) is 17.2. The maximum atomic E-state index is 11.7. The molecule has 0 bridgehead atoms. The third kappa shape index (κ3) is 3.15. The molecule has 4 aromatic rings. The molecule has 0 fully saturated rings. The number of hydrogen-bond acceptors (Lipinski definition) is 6. The summed E-state index contributed by atoms with van der Waals surface area (Å²) in [6.45, 7) is 0. The number of hydrogen-bond donors (Lipinski definition) is 2. The summed E-state index contributed by atoms with van der Waals surface area (Å²) in [6.07, 6.45) is 2.84. The number of pyridine rings is 1. The second-order valence-corrected chi connectivity index (χ2v) is 8.16. The average molecular weight is 384 g/mol. The van der Waals surface area contributed by atoms with Crippen molar-refractivity contribution in [3.63, 3.8) is 0 Å². The highest BCUT2D eigenvalue weighted by molar-refractivity contribution is 7.90. The van der Waals surface area contributed by atoms with Gasteiger partial charge in [0.1, 0.15) is 17.2 Å². The van der Waals surface area contributed by atoms with Crippen LogP contribution >= 0.6 is 0 Å². The van der Waals surface area contributed by atoms with Gasteiger partial charge in [-0.3, -0.25) is 4.79 Å². The first-order valence-corrected chi connectivity index (χ1v) is 9.94. The van der Waals surface area contributed by atoms with Gasteiger partial charge in [-0.05, 0) is 30.3 Å². The molecule has 0 saturated heterocycles. The van der Waals surface area contributed by atoms with Crippen LogP contribution < -0.4 is 15.5 Å². The fourth-order valence-electron chi connectivity index (χ4n) is 2.92. The normalized spacial score (nSPS) is 11.8. The Balaban J connectivity index is 1.77. The zero-order valence-electron chi connectivity index (χ0n) is 14.6. The molecule has 0 saturated carbocycles. The van der Waals surface area contributed by atoms with Crippen molar-refractivity contribution in [3.8, 4) is 5.75 Å². The highest BCUT2D eigenvalue weighted by Crippen LogP contribution is 2.32. The molecule has 138 valence electrons. The smallest absolute Gasteiger partial charge is 0.182 e. The van der Waals surface area contributed by atoms with E-state index in [1.54, 1.807) is 18.3 Å². The lowest BCUT2D eigenvalue weighted by atomic mass is 10.2. The number of benzene rings is 2. The third-order valence-electron chi connectivity index (χ3n) is 4.25. The maximum absolute atomic E-state index is 11.7. The van der Waals surface area contributed by atoms with Crippen LogP contribution in [0.3, 0.4) is 0 Å². The average Bonchev–Trinajstić information content (AvgIpc) is 2.98. The Kier molecular flexibility index (Phi) is 3.92. The number of ether oxygens (including phenoxy) is 1. The molecule has 2 heterocycles. The minimum atomic E-state index is -3.33. The molecule has 0 radical (unpaired) electrons. The van der Waals surface area contributed by atoms with Crippen molar-refractivity contribution in [1.82, 2.24) is 4.98 Å². The van der Waals surface area contributed by atoms with Crippen molar-refractivity contribution >= 4 is 43.3 Å².